The summed E-state index contributed by atoms with van der Waals surface area (Å²) in [5.74, 6) is 0.0514. The monoisotopic (exact) mass is 293 g/mol. The molecule has 0 amide bonds. The summed E-state index contributed by atoms with van der Waals surface area (Å²) in [5, 5.41) is 0. The Balaban J connectivity index is 2.35. The Kier molecular flexibility index (Phi) is 8.32. The second-order valence-electron chi connectivity index (χ2n) is 5.18. The minimum atomic E-state index is -0.456. The molecule has 0 aliphatic rings. The Labute approximate surface area is 127 Å². The van der Waals surface area contributed by atoms with Crippen molar-refractivity contribution in [2.75, 3.05) is 19.5 Å². The topological polar surface area (TPSA) is 61.5 Å². The Morgan fingerprint density at radius 3 is 2.43 bits per heavy atom. The number of carbonyl (C=O) groups is 1. The Hall–Kier alpha value is -1.71. The van der Waals surface area contributed by atoms with Crippen LogP contribution in [-0.4, -0.2) is 19.7 Å². The van der Waals surface area contributed by atoms with Crippen LogP contribution in [0.5, 0.6) is 5.75 Å². The molecule has 1 rings (SSSR count). The van der Waals surface area contributed by atoms with E-state index in [1.807, 2.05) is 0 Å². The Morgan fingerprint density at radius 2 is 1.76 bits per heavy atom. The molecular weight excluding hydrogens is 266 g/mol. The summed E-state index contributed by atoms with van der Waals surface area (Å²) in [6, 6.07) is 5.21. The van der Waals surface area contributed by atoms with E-state index in [4.69, 9.17) is 15.2 Å². The molecule has 0 aliphatic carbocycles. The number of nitrogens with two attached hydrogens (primary N) is 1. The zero-order chi connectivity index (χ0) is 15.5. The van der Waals surface area contributed by atoms with Gasteiger partial charge in [0.25, 0.3) is 0 Å². The number of benzene rings is 1. The van der Waals surface area contributed by atoms with E-state index in [1.54, 1.807) is 18.2 Å². The van der Waals surface area contributed by atoms with Crippen LogP contribution in [-0.2, 0) is 4.74 Å². The molecule has 0 atom stereocenters. The first kappa shape index (κ1) is 17.3. The summed E-state index contributed by atoms with van der Waals surface area (Å²) in [6.45, 7) is 2.82. The lowest BCUT2D eigenvalue weighted by atomic mass is 10.1. The maximum Gasteiger partial charge on any atom is 0.343 e. The van der Waals surface area contributed by atoms with Gasteiger partial charge in [-0.25, -0.2) is 4.79 Å². The number of anilines is 1. The molecular formula is C17H27NO3. The predicted molar refractivity (Wildman–Crippen MR) is 85.7 cm³/mol. The predicted octanol–water partition coefficient (Wildman–Crippen LogP) is 4.18. The van der Waals surface area contributed by atoms with Crippen LogP contribution in [0.1, 0.15) is 62.2 Å². The number of hydrogen-bond donors (Lipinski definition) is 1. The first-order valence-corrected chi connectivity index (χ1v) is 7.80. The molecule has 0 spiro atoms. The fourth-order valence-electron chi connectivity index (χ4n) is 2.23. The molecule has 0 heterocycles. The molecule has 21 heavy (non-hydrogen) atoms. The Bertz CT molecular complexity index is 432. The normalized spacial score (nSPS) is 10.4. The van der Waals surface area contributed by atoms with E-state index in [2.05, 4.69) is 6.92 Å². The summed E-state index contributed by atoms with van der Waals surface area (Å²) in [4.78, 5) is 11.7. The van der Waals surface area contributed by atoms with Crippen LogP contribution in [0.15, 0.2) is 18.2 Å². The van der Waals surface area contributed by atoms with Gasteiger partial charge in [-0.05, 0) is 18.6 Å². The van der Waals surface area contributed by atoms with Crippen LogP contribution >= 0.6 is 0 Å². The van der Waals surface area contributed by atoms with Gasteiger partial charge in [0.2, 0.25) is 0 Å². The number of nitrogen functional groups attached to an aromatic ring is 1. The quantitative estimate of drug-likeness (QED) is 0.399. The van der Waals surface area contributed by atoms with Gasteiger partial charge in [0.05, 0.1) is 13.7 Å². The van der Waals surface area contributed by atoms with Crippen molar-refractivity contribution >= 4 is 11.7 Å². The van der Waals surface area contributed by atoms with Gasteiger partial charge in [-0.2, -0.15) is 0 Å². The lowest BCUT2D eigenvalue weighted by molar-refractivity contribution is 0.0597. The van der Waals surface area contributed by atoms with Gasteiger partial charge in [0.1, 0.15) is 11.3 Å². The summed E-state index contributed by atoms with van der Waals surface area (Å²) >= 11 is 0. The molecule has 0 saturated carbocycles. The van der Waals surface area contributed by atoms with Gasteiger partial charge in [-0.3, -0.25) is 0 Å². The van der Waals surface area contributed by atoms with Crippen molar-refractivity contribution in [2.24, 2.45) is 0 Å². The summed E-state index contributed by atoms with van der Waals surface area (Å²) in [7, 11) is 1.34. The molecule has 0 saturated heterocycles. The third-order valence-electron chi connectivity index (χ3n) is 3.45. The van der Waals surface area contributed by atoms with Crippen molar-refractivity contribution in [3.8, 4) is 5.75 Å². The van der Waals surface area contributed by atoms with Gasteiger partial charge in [0, 0.05) is 5.69 Å². The van der Waals surface area contributed by atoms with Gasteiger partial charge in [0.15, 0.2) is 0 Å². The minimum Gasteiger partial charge on any atom is -0.493 e. The second kappa shape index (κ2) is 10.1. The zero-order valence-electron chi connectivity index (χ0n) is 13.2. The maximum absolute atomic E-state index is 11.7. The first-order chi connectivity index (χ1) is 10.2. The van der Waals surface area contributed by atoms with Crippen LogP contribution in [0.2, 0.25) is 0 Å². The Morgan fingerprint density at radius 1 is 1.10 bits per heavy atom. The van der Waals surface area contributed by atoms with Crippen molar-refractivity contribution in [1.82, 2.24) is 0 Å². The highest BCUT2D eigenvalue weighted by atomic mass is 16.5. The van der Waals surface area contributed by atoms with E-state index in [0.29, 0.717) is 23.6 Å². The zero-order valence-corrected chi connectivity index (χ0v) is 13.2. The van der Waals surface area contributed by atoms with Crippen LogP contribution in [0.25, 0.3) is 0 Å². The number of hydrogen-bond acceptors (Lipinski definition) is 4. The van der Waals surface area contributed by atoms with E-state index in [1.165, 1.54) is 39.2 Å². The van der Waals surface area contributed by atoms with E-state index in [-0.39, 0.29) is 0 Å². The average molecular weight is 293 g/mol. The summed E-state index contributed by atoms with van der Waals surface area (Å²) in [6.07, 6.45) is 8.58. The van der Waals surface area contributed by atoms with Crippen LogP contribution in [0, 0.1) is 0 Å². The number of esters is 1. The smallest absolute Gasteiger partial charge is 0.343 e. The average Bonchev–Trinajstić information content (AvgIpc) is 2.49. The molecule has 0 bridgehead atoms. The highest BCUT2D eigenvalue weighted by molar-refractivity contribution is 5.98. The number of methoxy groups -OCH3 is 1. The van der Waals surface area contributed by atoms with Gasteiger partial charge in [-0.15, -0.1) is 0 Å². The van der Waals surface area contributed by atoms with E-state index >= 15 is 0 Å². The number of carbonyl (C=O) groups excluding carboxylic acids is 1. The minimum absolute atomic E-state index is 0.322. The first-order valence-electron chi connectivity index (χ1n) is 7.80. The van der Waals surface area contributed by atoms with Crippen molar-refractivity contribution in [3.63, 3.8) is 0 Å². The molecule has 4 nitrogen and oxygen atoms in total. The van der Waals surface area contributed by atoms with Crippen molar-refractivity contribution in [3.05, 3.63) is 23.8 Å². The summed E-state index contributed by atoms with van der Waals surface area (Å²) < 4.78 is 10.4. The van der Waals surface area contributed by atoms with Crippen LogP contribution < -0.4 is 10.5 Å². The van der Waals surface area contributed by atoms with Crippen LogP contribution in [0.3, 0.4) is 0 Å². The lowest BCUT2D eigenvalue weighted by Crippen LogP contribution is -2.09. The van der Waals surface area contributed by atoms with Crippen molar-refractivity contribution in [1.29, 1.82) is 0 Å². The number of rotatable bonds is 10. The molecule has 0 aliphatic heterocycles. The molecule has 0 radical (unpaired) electrons. The third-order valence-corrected chi connectivity index (χ3v) is 3.45. The van der Waals surface area contributed by atoms with Crippen LogP contribution in [0.4, 0.5) is 5.69 Å². The third kappa shape index (κ3) is 6.06. The van der Waals surface area contributed by atoms with E-state index < -0.39 is 5.97 Å². The maximum atomic E-state index is 11.7. The summed E-state index contributed by atoms with van der Waals surface area (Å²) in [5.41, 5.74) is 6.53. The molecule has 2 N–H and O–H groups in total. The standard InChI is InChI=1S/C17H27NO3/c1-3-4-5-6-7-8-9-13-21-15-12-10-11-14(18)16(15)17(19)20-2/h10-12H,3-9,13,18H2,1-2H3. The fraction of sp³-hybridized carbons (Fsp3) is 0.588. The second-order valence-corrected chi connectivity index (χ2v) is 5.18. The molecule has 1 aromatic carbocycles. The fourth-order valence-corrected chi connectivity index (χ4v) is 2.23. The molecule has 0 fully saturated rings. The molecule has 4 heteroatoms. The van der Waals surface area contributed by atoms with Crippen molar-refractivity contribution in [2.45, 2.75) is 51.9 Å². The number of unbranched alkanes of at least 4 members (excludes halogenated alkanes) is 6. The highest BCUT2D eigenvalue weighted by Gasteiger charge is 2.16. The highest BCUT2D eigenvalue weighted by Crippen LogP contribution is 2.25. The largest absolute Gasteiger partial charge is 0.493 e. The molecule has 0 unspecified atom stereocenters. The van der Waals surface area contributed by atoms with Gasteiger partial charge in [-0.1, -0.05) is 51.5 Å². The van der Waals surface area contributed by atoms with E-state index in [0.717, 1.165) is 12.8 Å². The van der Waals surface area contributed by atoms with Gasteiger partial charge >= 0.3 is 5.97 Å². The molecule has 118 valence electrons. The van der Waals surface area contributed by atoms with E-state index in [9.17, 15) is 4.79 Å². The lowest BCUT2D eigenvalue weighted by Gasteiger charge is -2.12. The van der Waals surface area contributed by atoms with Gasteiger partial charge < -0.3 is 15.2 Å². The molecule has 0 aromatic heterocycles. The molecule has 1 aromatic rings. The SMILES string of the molecule is CCCCCCCCCOc1cccc(N)c1C(=O)OC. The number of ether oxygens (including phenoxy) is 2. The van der Waals surface area contributed by atoms with Crippen molar-refractivity contribution < 1.29 is 14.3 Å².